The molecular formula is C36H41F5O6. The number of hydrogen-bond acceptors (Lipinski definition) is 6. The molecule has 0 spiro atoms. The van der Waals surface area contributed by atoms with Gasteiger partial charge >= 0.3 is 24.0 Å². The molecule has 0 saturated heterocycles. The zero-order chi connectivity index (χ0) is 34.3. The summed E-state index contributed by atoms with van der Waals surface area (Å²) in [7, 11) is 0. The van der Waals surface area contributed by atoms with Crippen molar-refractivity contribution < 1.29 is 50.5 Å². The summed E-state index contributed by atoms with van der Waals surface area (Å²) in [6.07, 6.45) is 1.74. The van der Waals surface area contributed by atoms with E-state index in [4.69, 9.17) is 14.2 Å². The third-order valence-corrected chi connectivity index (χ3v) is 7.30. The second-order valence-corrected chi connectivity index (χ2v) is 11.2. The zero-order valence-electron chi connectivity index (χ0n) is 26.6. The monoisotopic (exact) mass is 664 g/mol. The summed E-state index contributed by atoms with van der Waals surface area (Å²) in [5.41, 5.74) is 2.26. The minimum absolute atomic E-state index is 0.104. The molecule has 47 heavy (non-hydrogen) atoms. The minimum Gasteiger partial charge on any atom is -0.494 e. The van der Waals surface area contributed by atoms with E-state index in [2.05, 4.69) is 18.6 Å². The first-order valence-electron chi connectivity index (χ1n) is 15.8. The van der Waals surface area contributed by atoms with Gasteiger partial charge in [0, 0.05) is 0 Å². The molecule has 0 bridgehead atoms. The maximum absolute atomic E-state index is 12.8. The van der Waals surface area contributed by atoms with Gasteiger partial charge in [-0.15, -0.1) is 0 Å². The number of carbonyl (C=O) groups excluding carboxylic acids is 2. The first-order chi connectivity index (χ1) is 22.4. The lowest BCUT2D eigenvalue weighted by Gasteiger charge is -2.17. The summed E-state index contributed by atoms with van der Waals surface area (Å²) in [4.78, 5) is 23.6. The van der Waals surface area contributed by atoms with Crippen LogP contribution < -0.4 is 14.2 Å². The minimum atomic E-state index is -5.97. The van der Waals surface area contributed by atoms with Crippen LogP contribution in [-0.2, 0) is 9.53 Å². The van der Waals surface area contributed by atoms with E-state index >= 15 is 0 Å². The smallest absolute Gasteiger partial charge is 0.465 e. The highest BCUT2D eigenvalue weighted by Gasteiger charge is 2.64. The zero-order valence-corrected chi connectivity index (χ0v) is 26.6. The molecule has 0 amide bonds. The van der Waals surface area contributed by atoms with Crippen LogP contribution in [0.5, 0.6) is 17.2 Å². The first kappa shape index (κ1) is 37.3. The van der Waals surface area contributed by atoms with E-state index in [9.17, 15) is 31.5 Å². The predicted molar refractivity (Wildman–Crippen MR) is 168 cm³/mol. The number of benzene rings is 3. The van der Waals surface area contributed by atoms with E-state index in [-0.39, 0.29) is 12.5 Å². The maximum atomic E-state index is 12.8. The number of unbranched alkanes of at least 4 members (excludes halogenated alkanes) is 6. The van der Waals surface area contributed by atoms with Crippen LogP contribution in [0.3, 0.4) is 0 Å². The summed E-state index contributed by atoms with van der Waals surface area (Å²) in [6.45, 7) is 4.09. The Morgan fingerprint density at radius 3 is 1.77 bits per heavy atom. The highest BCUT2D eigenvalue weighted by atomic mass is 19.4. The van der Waals surface area contributed by atoms with Gasteiger partial charge in [-0.25, -0.2) is 9.59 Å². The number of rotatable bonds is 19. The molecule has 0 aliphatic heterocycles. The van der Waals surface area contributed by atoms with Gasteiger partial charge in [-0.1, -0.05) is 50.5 Å². The van der Waals surface area contributed by atoms with E-state index in [1.165, 1.54) is 19.3 Å². The van der Waals surface area contributed by atoms with Crippen molar-refractivity contribution in [3.8, 4) is 28.4 Å². The SMILES string of the molecule is CCCCCC[C@H](C)Oc1ccc(C(=O)Oc2ccc(-c3ccc(OCCCCCCOC(=O)C(F)(F)C(F)(F)F)cc3)cc2)cc1. The van der Waals surface area contributed by atoms with Crippen LogP contribution in [0.1, 0.15) is 82.0 Å². The van der Waals surface area contributed by atoms with Gasteiger partial charge in [0.2, 0.25) is 0 Å². The standard InChI is InChI=1S/C36H41F5O6/c1-3-4-5-8-11-26(2)46-31-22-16-29(17-23-31)33(42)47-32-20-14-28(15-21-32)27-12-18-30(19-13-27)44-24-9-6-7-10-25-45-34(43)35(37,38)36(39,40)41/h12-23,26H,3-11,24-25H2,1-2H3/t26-/m0/s1. The fraction of sp³-hybridized carbons (Fsp3) is 0.444. The molecule has 0 aliphatic rings. The Hall–Kier alpha value is -4.15. The van der Waals surface area contributed by atoms with Crippen LogP contribution in [0.15, 0.2) is 72.8 Å². The third kappa shape index (κ3) is 12.2. The summed E-state index contributed by atoms with van der Waals surface area (Å²) in [6, 6.07) is 21.5. The molecule has 0 fully saturated rings. The molecule has 0 heterocycles. The third-order valence-electron chi connectivity index (χ3n) is 7.30. The first-order valence-corrected chi connectivity index (χ1v) is 15.8. The molecule has 0 unspecified atom stereocenters. The van der Waals surface area contributed by atoms with Crippen molar-refractivity contribution in [2.45, 2.75) is 89.8 Å². The average molecular weight is 665 g/mol. The molecule has 0 N–H and O–H groups in total. The van der Waals surface area contributed by atoms with Crippen LogP contribution in [0.2, 0.25) is 0 Å². The summed E-state index contributed by atoms with van der Waals surface area (Å²) in [5, 5.41) is 0. The molecule has 0 aromatic heterocycles. The summed E-state index contributed by atoms with van der Waals surface area (Å²) < 4.78 is 83.3. The van der Waals surface area contributed by atoms with Crippen LogP contribution in [0.25, 0.3) is 11.1 Å². The van der Waals surface area contributed by atoms with Gasteiger partial charge in [-0.2, -0.15) is 22.0 Å². The fourth-order valence-electron chi connectivity index (χ4n) is 4.56. The quantitative estimate of drug-likeness (QED) is 0.0550. The molecule has 3 rings (SSSR count). The second-order valence-electron chi connectivity index (χ2n) is 11.2. The van der Waals surface area contributed by atoms with E-state index < -0.39 is 30.6 Å². The van der Waals surface area contributed by atoms with Crippen LogP contribution in [-0.4, -0.2) is 43.4 Å². The lowest BCUT2D eigenvalue weighted by Crippen LogP contribution is -2.45. The van der Waals surface area contributed by atoms with Gasteiger partial charge < -0.3 is 18.9 Å². The van der Waals surface area contributed by atoms with Gasteiger partial charge in [-0.3, -0.25) is 0 Å². The van der Waals surface area contributed by atoms with Crippen molar-refractivity contribution in [3.05, 3.63) is 78.4 Å². The lowest BCUT2D eigenvalue weighted by molar-refractivity contribution is -0.280. The van der Waals surface area contributed by atoms with Gasteiger partial charge in [0.1, 0.15) is 17.2 Å². The molecule has 256 valence electrons. The normalized spacial score (nSPS) is 12.3. The average Bonchev–Trinajstić information content (AvgIpc) is 3.04. The Morgan fingerprint density at radius 1 is 0.660 bits per heavy atom. The lowest BCUT2D eigenvalue weighted by atomic mass is 10.1. The Kier molecular flexibility index (Phi) is 14.5. The predicted octanol–water partition coefficient (Wildman–Crippen LogP) is 9.99. The number of alkyl halides is 5. The van der Waals surface area contributed by atoms with Crippen LogP contribution >= 0.6 is 0 Å². The van der Waals surface area contributed by atoms with E-state index in [1.807, 2.05) is 36.4 Å². The Balaban J connectivity index is 1.35. The number of hydrogen-bond donors (Lipinski definition) is 0. The molecule has 0 aliphatic carbocycles. The highest BCUT2D eigenvalue weighted by molar-refractivity contribution is 5.91. The largest absolute Gasteiger partial charge is 0.494 e. The van der Waals surface area contributed by atoms with E-state index in [1.54, 1.807) is 36.4 Å². The number of esters is 2. The van der Waals surface area contributed by atoms with Crippen molar-refractivity contribution in [3.63, 3.8) is 0 Å². The summed E-state index contributed by atoms with van der Waals surface area (Å²) in [5.74, 6) is -6.79. The van der Waals surface area contributed by atoms with Crippen LogP contribution in [0, 0.1) is 0 Å². The molecule has 6 nitrogen and oxygen atoms in total. The summed E-state index contributed by atoms with van der Waals surface area (Å²) >= 11 is 0. The Bertz CT molecular complexity index is 1370. The molecule has 0 radical (unpaired) electrons. The van der Waals surface area contributed by atoms with E-state index in [0.717, 1.165) is 24.0 Å². The van der Waals surface area contributed by atoms with Crippen molar-refractivity contribution in [2.24, 2.45) is 0 Å². The number of halogens is 5. The van der Waals surface area contributed by atoms with Crippen molar-refractivity contribution >= 4 is 11.9 Å². The molecule has 11 heteroatoms. The van der Waals surface area contributed by atoms with Crippen molar-refractivity contribution in [2.75, 3.05) is 13.2 Å². The van der Waals surface area contributed by atoms with Gasteiger partial charge in [0.15, 0.2) is 0 Å². The molecular weight excluding hydrogens is 623 g/mol. The van der Waals surface area contributed by atoms with Crippen molar-refractivity contribution in [1.82, 2.24) is 0 Å². The van der Waals surface area contributed by atoms with Gasteiger partial charge in [-0.05, 0) is 105 Å². The van der Waals surface area contributed by atoms with Crippen LogP contribution in [0.4, 0.5) is 22.0 Å². The van der Waals surface area contributed by atoms with Crippen molar-refractivity contribution in [1.29, 1.82) is 0 Å². The second kappa shape index (κ2) is 18.3. The highest BCUT2D eigenvalue weighted by Crippen LogP contribution is 2.36. The number of carbonyl (C=O) groups is 2. The number of ether oxygens (including phenoxy) is 4. The van der Waals surface area contributed by atoms with E-state index in [0.29, 0.717) is 48.7 Å². The van der Waals surface area contributed by atoms with Gasteiger partial charge in [0.25, 0.3) is 0 Å². The Morgan fingerprint density at radius 2 is 1.19 bits per heavy atom. The van der Waals surface area contributed by atoms with Gasteiger partial charge in [0.05, 0.1) is 24.9 Å². The fourth-order valence-corrected chi connectivity index (χ4v) is 4.56. The molecule has 0 saturated carbocycles. The maximum Gasteiger partial charge on any atom is 0.465 e. The Labute approximate surface area is 272 Å². The molecule has 3 aromatic rings. The molecule has 3 aromatic carbocycles. The molecule has 1 atom stereocenters. The topological polar surface area (TPSA) is 71.1 Å².